The van der Waals surface area contributed by atoms with Gasteiger partial charge >= 0.3 is 0 Å². The maximum atomic E-state index is 10.6. The van der Waals surface area contributed by atoms with Crippen molar-refractivity contribution in [1.82, 2.24) is 0 Å². The summed E-state index contributed by atoms with van der Waals surface area (Å²) in [6.07, 6.45) is 0. The minimum Gasteiger partial charge on any atom is -0.398 e. The standard InChI is InChI=1S/C12H9ClN2O2S/c13-9-3-1-2-4-11(9)18-12-6-5-8(15(16)17)7-10(12)14/h1-7H,14H2. The van der Waals surface area contributed by atoms with E-state index in [0.717, 1.165) is 9.79 Å². The van der Waals surface area contributed by atoms with Crippen LogP contribution in [0.5, 0.6) is 0 Å². The van der Waals surface area contributed by atoms with Crippen LogP contribution in [-0.2, 0) is 0 Å². The SMILES string of the molecule is Nc1cc([N+](=O)[O-])ccc1Sc1ccccc1Cl. The van der Waals surface area contributed by atoms with Crippen LogP contribution in [0.3, 0.4) is 0 Å². The number of halogens is 1. The summed E-state index contributed by atoms with van der Waals surface area (Å²) in [6, 6.07) is 11.8. The molecular formula is C12H9ClN2O2S. The summed E-state index contributed by atoms with van der Waals surface area (Å²) in [7, 11) is 0. The summed E-state index contributed by atoms with van der Waals surface area (Å²) < 4.78 is 0. The van der Waals surface area contributed by atoms with Crippen LogP contribution in [0.2, 0.25) is 5.02 Å². The van der Waals surface area contributed by atoms with Crippen LogP contribution in [0.25, 0.3) is 0 Å². The van der Waals surface area contributed by atoms with Gasteiger partial charge in [-0.2, -0.15) is 0 Å². The Hall–Kier alpha value is -1.72. The highest BCUT2D eigenvalue weighted by molar-refractivity contribution is 7.99. The third-order valence-electron chi connectivity index (χ3n) is 2.26. The van der Waals surface area contributed by atoms with Gasteiger partial charge in [-0.25, -0.2) is 0 Å². The Kier molecular flexibility index (Phi) is 3.74. The minimum absolute atomic E-state index is 0.0176. The van der Waals surface area contributed by atoms with Crippen molar-refractivity contribution >= 4 is 34.7 Å². The zero-order chi connectivity index (χ0) is 13.1. The molecular weight excluding hydrogens is 272 g/mol. The van der Waals surface area contributed by atoms with E-state index in [-0.39, 0.29) is 5.69 Å². The number of hydrogen-bond acceptors (Lipinski definition) is 4. The lowest BCUT2D eigenvalue weighted by molar-refractivity contribution is -0.384. The number of nitrogens with zero attached hydrogens (tertiary/aromatic N) is 1. The lowest BCUT2D eigenvalue weighted by atomic mass is 10.3. The quantitative estimate of drug-likeness (QED) is 0.524. The van der Waals surface area contributed by atoms with Crippen LogP contribution < -0.4 is 5.73 Å². The molecule has 0 aliphatic rings. The van der Waals surface area contributed by atoms with Crippen molar-refractivity contribution in [3.05, 3.63) is 57.6 Å². The highest BCUT2D eigenvalue weighted by Crippen LogP contribution is 2.37. The third-order valence-corrected chi connectivity index (χ3v) is 3.87. The van der Waals surface area contributed by atoms with Gasteiger partial charge in [-0.15, -0.1) is 0 Å². The molecule has 0 saturated carbocycles. The Morgan fingerprint density at radius 2 is 1.89 bits per heavy atom. The Labute approximate surface area is 113 Å². The summed E-state index contributed by atoms with van der Waals surface area (Å²) in [4.78, 5) is 11.7. The first-order valence-electron chi connectivity index (χ1n) is 5.04. The second-order valence-corrected chi connectivity index (χ2v) is 5.00. The molecule has 92 valence electrons. The van der Waals surface area contributed by atoms with Gasteiger partial charge in [-0.05, 0) is 18.2 Å². The molecule has 0 radical (unpaired) electrons. The van der Waals surface area contributed by atoms with Crippen molar-refractivity contribution in [2.24, 2.45) is 0 Å². The van der Waals surface area contributed by atoms with Crippen molar-refractivity contribution in [1.29, 1.82) is 0 Å². The maximum Gasteiger partial charge on any atom is 0.271 e. The van der Waals surface area contributed by atoms with Gasteiger partial charge < -0.3 is 5.73 Å². The van der Waals surface area contributed by atoms with Gasteiger partial charge in [0.2, 0.25) is 0 Å². The molecule has 0 aromatic heterocycles. The molecule has 4 nitrogen and oxygen atoms in total. The summed E-state index contributed by atoms with van der Waals surface area (Å²) in [5.41, 5.74) is 6.14. The predicted molar refractivity (Wildman–Crippen MR) is 73.1 cm³/mol. The molecule has 0 aliphatic heterocycles. The van der Waals surface area contributed by atoms with E-state index in [2.05, 4.69) is 0 Å². The Morgan fingerprint density at radius 1 is 1.17 bits per heavy atom. The molecule has 2 N–H and O–H groups in total. The largest absolute Gasteiger partial charge is 0.398 e. The van der Waals surface area contributed by atoms with Crippen LogP contribution in [0, 0.1) is 10.1 Å². The first kappa shape index (κ1) is 12.7. The second kappa shape index (κ2) is 5.29. The molecule has 0 unspecified atom stereocenters. The normalized spacial score (nSPS) is 10.3. The number of nitrogens with two attached hydrogens (primary N) is 1. The highest BCUT2D eigenvalue weighted by atomic mass is 35.5. The van der Waals surface area contributed by atoms with Gasteiger partial charge in [0, 0.05) is 21.9 Å². The molecule has 2 aromatic carbocycles. The molecule has 0 bridgehead atoms. The number of non-ortho nitro benzene ring substituents is 1. The Balaban J connectivity index is 2.30. The molecule has 0 spiro atoms. The molecule has 0 amide bonds. The van der Waals surface area contributed by atoms with Crippen molar-refractivity contribution in [2.75, 3.05) is 5.73 Å². The minimum atomic E-state index is -0.472. The van der Waals surface area contributed by atoms with E-state index >= 15 is 0 Å². The number of hydrogen-bond donors (Lipinski definition) is 1. The molecule has 2 rings (SSSR count). The number of rotatable bonds is 3. The van der Waals surface area contributed by atoms with Crippen molar-refractivity contribution < 1.29 is 4.92 Å². The molecule has 0 saturated heterocycles. The predicted octanol–water partition coefficient (Wildman–Crippen LogP) is 3.98. The molecule has 2 aromatic rings. The van der Waals surface area contributed by atoms with E-state index in [1.54, 1.807) is 12.1 Å². The van der Waals surface area contributed by atoms with Crippen LogP contribution in [-0.4, -0.2) is 4.92 Å². The highest BCUT2D eigenvalue weighted by Gasteiger charge is 2.10. The van der Waals surface area contributed by atoms with Crippen LogP contribution >= 0.6 is 23.4 Å². The third kappa shape index (κ3) is 2.75. The molecule has 18 heavy (non-hydrogen) atoms. The topological polar surface area (TPSA) is 69.2 Å². The maximum absolute atomic E-state index is 10.6. The number of anilines is 1. The van der Waals surface area contributed by atoms with Gasteiger partial charge in [0.1, 0.15) is 0 Å². The first-order chi connectivity index (χ1) is 8.58. The Bertz CT molecular complexity index is 604. The zero-order valence-electron chi connectivity index (χ0n) is 9.17. The first-order valence-corrected chi connectivity index (χ1v) is 6.23. The van der Waals surface area contributed by atoms with Crippen molar-refractivity contribution in [3.63, 3.8) is 0 Å². The average Bonchev–Trinajstić information content (AvgIpc) is 2.34. The Morgan fingerprint density at radius 3 is 2.50 bits per heavy atom. The fourth-order valence-corrected chi connectivity index (χ4v) is 2.50. The van der Waals surface area contributed by atoms with Crippen LogP contribution in [0.4, 0.5) is 11.4 Å². The van der Waals surface area contributed by atoms with Gasteiger partial charge in [0.05, 0.1) is 15.6 Å². The number of nitro groups is 1. The summed E-state index contributed by atoms with van der Waals surface area (Å²) in [6.45, 7) is 0. The molecule has 0 aliphatic carbocycles. The number of benzene rings is 2. The fourth-order valence-electron chi connectivity index (χ4n) is 1.39. The van der Waals surface area contributed by atoms with Gasteiger partial charge in [0.15, 0.2) is 0 Å². The summed E-state index contributed by atoms with van der Waals surface area (Å²) in [5, 5.41) is 11.2. The van der Waals surface area contributed by atoms with E-state index in [0.29, 0.717) is 10.7 Å². The number of nitro benzene ring substituents is 1. The number of nitrogen functional groups attached to an aromatic ring is 1. The summed E-state index contributed by atoms with van der Waals surface area (Å²) in [5.74, 6) is 0. The van der Waals surface area contributed by atoms with Crippen molar-refractivity contribution in [3.8, 4) is 0 Å². The second-order valence-electron chi connectivity index (χ2n) is 3.51. The van der Waals surface area contributed by atoms with Gasteiger partial charge in [-0.3, -0.25) is 10.1 Å². The van der Waals surface area contributed by atoms with Crippen LogP contribution in [0.15, 0.2) is 52.3 Å². The van der Waals surface area contributed by atoms with E-state index in [9.17, 15) is 10.1 Å². The molecule has 0 heterocycles. The summed E-state index contributed by atoms with van der Waals surface area (Å²) >= 11 is 7.42. The van der Waals surface area contributed by atoms with Crippen LogP contribution in [0.1, 0.15) is 0 Å². The van der Waals surface area contributed by atoms with Gasteiger partial charge in [-0.1, -0.05) is 35.5 Å². The van der Waals surface area contributed by atoms with Crippen molar-refractivity contribution in [2.45, 2.75) is 9.79 Å². The van der Waals surface area contributed by atoms with E-state index in [1.165, 1.54) is 23.9 Å². The molecule has 0 fully saturated rings. The average molecular weight is 281 g/mol. The van der Waals surface area contributed by atoms with E-state index in [1.807, 2.05) is 18.2 Å². The smallest absolute Gasteiger partial charge is 0.271 e. The molecule has 0 atom stereocenters. The zero-order valence-corrected chi connectivity index (χ0v) is 10.7. The lowest BCUT2D eigenvalue weighted by Crippen LogP contribution is -1.93. The van der Waals surface area contributed by atoms with E-state index in [4.69, 9.17) is 17.3 Å². The fraction of sp³-hybridized carbons (Fsp3) is 0. The molecule has 6 heteroatoms. The monoisotopic (exact) mass is 280 g/mol. The van der Waals surface area contributed by atoms with E-state index < -0.39 is 4.92 Å². The lowest BCUT2D eigenvalue weighted by Gasteiger charge is -2.06. The van der Waals surface area contributed by atoms with Gasteiger partial charge in [0.25, 0.3) is 5.69 Å².